The van der Waals surface area contributed by atoms with Crippen molar-refractivity contribution >= 4 is 28.7 Å². The summed E-state index contributed by atoms with van der Waals surface area (Å²) in [4.78, 5) is 20.3. The number of hydrogen-bond donors (Lipinski definition) is 1. The molecule has 1 saturated carbocycles. The van der Waals surface area contributed by atoms with Crippen LogP contribution in [0.2, 0.25) is 0 Å². The highest BCUT2D eigenvalue weighted by molar-refractivity contribution is 5.91. The van der Waals surface area contributed by atoms with Gasteiger partial charge in [0, 0.05) is 11.6 Å². The number of furan rings is 1. The average Bonchev–Trinajstić information content (AvgIpc) is 3.50. The van der Waals surface area contributed by atoms with Crippen LogP contribution in [0.15, 0.2) is 65.1 Å². The lowest BCUT2D eigenvalue weighted by molar-refractivity contribution is 0.0211. The number of nitrogens with one attached hydrogen (secondary N) is 1. The first-order valence-electron chi connectivity index (χ1n) is 11.2. The van der Waals surface area contributed by atoms with Crippen LogP contribution in [0.5, 0.6) is 0 Å². The van der Waals surface area contributed by atoms with E-state index in [-0.39, 0.29) is 12.1 Å². The number of benzene rings is 2. The van der Waals surface area contributed by atoms with E-state index in [0.29, 0.717) is 28.5 Å². The van der Waals surface area contributed by atoms with Crippen molar-refractivity contribution in [1.82, 2.24) is 9.97 Å². The normalized spacial score (nSPS) is 14.8. The van der Waals surface area contributed by atoms with Gasteiger partial charge in [0.05, 0.1) is 22.2 Å². The second kappa shape index (κ2) is 9.17. The zero-order valence-electron chi connectivity index (χ0n) is 18.1. The highest BCUT2D eigenvalue weighted by Crippen LogP contribution is 2.27. The van der Waals surface area contributed by atoms with Crippen LogP contribution in [0.3, 0.4) is 0 Å². The number of nitriles is 1. The van der Waals surface area contributed by atoms with Crippen molar-refractivity contribution < 1.29 is 13.9 Å². The first-order chi connectivity index (χ1) is 16.2. The molecule has 164 valence electrons. The van der Waals surface area contributed by atoms with Crippen LogP contribution in [-0.4, -0.2) is 22.0 Å². The lowest BCUT2D eigenvalue weighted by Crippen LogP contribution is -2.20. The van der Waals surface area contributed by atoms with Gasteiger partial charge in [-0.3, -0.25) is 0 Å². The van der Waals surface area contributed by atoms with E-state index in [1.807, 2.05) is 42.5 Å². The van der Waals surface area contributed by atoms with E-state index in [2.05, 4.69) is 16.0 Å². The van der Waals surface area contributed by atoms with E-state index in [1.165, 1.54) is 6.42 Å². The van der Waals surface area contributed by atoms with Gasteiger partial charge in [-0.1, -0.05) is 30.7 Å². The van der Waals surface area contributed by atoms with Crippen LogP contribution < -0.4 is 0 Å². The Morgan fingerprint density at radius 1 is 1.09 bits per heavy atom. The number of para-hydroxylation sites is 2. The van der Waals surface area contributed by atoms with Crippen molar-refractivity contribution in [3.63, 3.8) is 0 Å². The minimum absolute atomic E-state index is 0.0120. The molecular weight excluding hydrogens is 414 g/mol. The van der Waals surface area contributed by atoms with Crippen molar-refractivity contribution in [1.29, 1.82) is 5.26 Å². The number of fused-ring (bicyclic) bond motifs is 1. The SMILES string of the molecule is N#C/C(=C\c1ccc(-c2cccc(C(=O)OC3CCCCC3)c2)o1)c1nc2ccccc2[nH]1. The van der Waals surface area contributed by atoms with Gasteiger partial charge in [0.25, 0.3) is 0 Å². The molecule has 0 bridgehead atoms. The van der Waals surface area contributed by atoms with E-state index in [0.717, 1.165) is 42.3 Å². The van der Waals surface area contributed by atoms with Gasteiger partial charge in [-0.25, -0.2) is 9.78 Å². The molecule has 1 aliphatic rings. The molecule has 2 aromatic heterocycles. The minimum atomic E-state index is -0.299. The molecule has 4 aromatic rings. The molecule has 0 spiro atoms. The maximum absolute atomic E-state index is 12.6. The van der Waals surface area contributed by atoms with Crippen molar-refractivity contribution in [2.45, 2.75) is 38.2 Å². The summed E-state index contributed by atoms with van der Waals surface area (Å²) in [6.45, 7) is 0. The number of carbonyl (C=O) groups excluding carboxylic acids is 1. The third-order valence-corrected chi connectivity index (χ3v) is 5.89. The van der Waals surface area contributed by atoms with E-state index < -0.39 is 0 Å². The van der Waals surface area contributed by atoms with E-state index in [9.17, 15) is 10.1 Å². The monoisotopic (exact) mass is 437 g/mol. The van der Waals surface area contributed by atoms with Gasteiger partial charge < -0.3 is 14.1 Å². The van der Waals surface area contributed by atoms with E-state index in [4.69, 9.17) is 9.15 Å². The summed E-state index contributed by atoms with van der Waals surface area (Å²) >= 11 is 0. The summed E-state index contributed by atoms with van der Waals surface area (Å²) in [6, 6.07) is 20.7. The lowest BCUT2D eigenvalue weighted by atomic mass is 9.98. The quantitative estimate of drug-likeness (QED) is 0.289. The molecule has 6 heteroatoms. The number of rotatable bonds is 5. The Hall–Kier alpha value is -4.11. The van der Waals surface area contributed by atoms with Crippen molar-refractivity contribution in [2.24, 2.45) is 0 Å². The van der Waals surface area contributed by atoms with Gasteiger partial charge in [-0.05, 0) is 62.1 Å². The summed E-state index contributed by atoms with van der Waals surface area (Å²) in [7, 11) is 0. The molecule has 0 aliphatic heterocycles. The van der Waals surface area contributed by atoms with Crippen LogP contribution in [0, 0.1) is 11.3 Å². The number of carbonyl (C=O) groups is 1. The van der Waals surface area contributed by atoms with Gasteiger partial charge in [-0.15, -0.1) is 0 Å². The number of hydrogen-bond acceptors (Lipinski definition) is 5. The van der Waals surface area contributed by atoms with Gasteiger partial charge in [-0.2, -0.15) is 5.26 Å². The maximum Gasteiger partial charge on any atom is 0.338 e. The molecule has 0 atom stereocenters. The Kier molecular flexibility index (Phi) is 5.77. The zero-order valence-corrected chi connectivity index (χ0v) is 18.1. The molecule has 1 fully saturated rings. The van der Waals surface area contributed by atoms with E-state index >= 15 is 0 Å². The highest BCUT2D eigenvalue weighted by Gasteiger charge is 2.19. The number of nitrogens with zero attached hydrogens (tertiary/aromatic N) is 2. The number of imidazole rings is 1. The Morgan fingerprint density at radius 2 is 1.94 bits per heavy atom. The number of ether oxygens (including phenoxy) is 1. The van der Waals surface area contributed by atoms with Crippen molar-refractivity contribution in [2.75, 3.05) is 0 Å². The Bertz CT molecular complexity index is 1330. The Labute approximate surface area is 191 Å². The van der Waals surface area contributed by atoms with Crippen LogP contribution in [-0.2, 0) is 4.74 Å². The van der Waals surface area contributed by atoms with Gasteiger partial charge in [0.2, 0.25) is 0 Å². The molecule has 6 nitrogen and oxygen atoms in total. The second-order valence-electron chi connectivity index (χ2n) is 8.22. The second-order valence-corrected chi connectivity index (χ2v) is 8.22. The van der Waals surface area contributed by atoms with Crippen LogP contribution in [0.1, 0.15) is 54.0 Å². The molecule has 33 heavy (non-hydrogen) atoms. The predicted molar refractivity (Wildman–Crippen MR) is 126 cm³/mol. The third-order valence-electron chi connectivity index (χ3n) is 5.89. The van der Waals surface area contributed by atoms with Gasteiger partial charge in [0.15, 0.2) is 0 Å². The molecular formula is C27H23N3O3. The summed E-state index contributed by atoms with van der Waals surface area (Å²) in [5.41, 5.74) is 3.31. The van der Waals surface area contributed by atoms with Crippen LogP contribution in [0.25, 0.3) is 34.0 Å². The largest absolute Gasteiger partial charge is 0.459 e. The summed E-state index contributed by atoms with van der Waals surface area (Å²) < 4.78 is 11.7. The Morgan fingerprint density at radius 3 is 2.76 bits per heavy atom. The highest BCUT2D eigenvalue weighted by atomic mass is 16.5. The standard InChI is InChI=1S/C27H23N3O3/c28-17-20(26-29-23-11-4-5-12-24(23)30-26)16-22-13-14-25(32-22)18-7-6-8-19(15-18)27(31)33-21-9-2-1-3-10-21/h4-8,11-16,21H,1-3,9-10H2,(H,29,30)/b20-16+. The predicted octanol–water partition coefficient (Wildman–Crippen LogP) is 6.38. The molecule has 5 rings (SSSR count). The molecule has 2 aromatic carbocycles. The molecule has 0 unspecified atom stereocenters. The molecule has 1 N–H and O–H groups in total. The van der Waals surface area contributed by atoms with Crippen molar-refractivity contribution in [3.05, 3.63) is 77.8 Å². The smallest absolute Gasteiger partial charge is 0.338 e. The fourth-order valence-corrected chi connectivity index (χ4v) is 4.16. The first kappa shape index (κ1) is 20.8. The number of allylic oxidation sites excluding steroid dienone is 1. The van der Waals surface area contributed by atoms with Crippen molar-refractivity contribution in [3.8, 4) is 17.4 Å². The molecule has 2 heterocycles. The molecule has 0 amide bonds. The Balaban J connectivity index is 1.36. The number of H-pyrrole nitrogens is 1. The average molecular weight is 437 g/mol. The number of esters is 1. The zero-order chi connectivity index (χ0) is 22.6. The molecule has 1 aliphatic carbocycles. The van der Waals surface area contributed by atoms with E-state index in [1.54, 1.807) is 24.3 Å². The lowest BCUT2D eigenvalue weighted by Gasteiger charge is -2.21. The first-order valence-corrected chi connectivity index (χ1v) is 11.2. The number of aromatic nitrogens is 2. The fraction of sp³-hybridized carbons (Fsp3) is 0.222. The molecule has 0 radical (unpaired) electrons. The van der Waals surface area contributed by atoms with Gasteiger partial charge >= 0.3 is 5.97 Å². The van der Waals surface area contributed by atoms with Crippen LogP contribution >= 0.6 is 0 Å². The minimum Gasteiger partial charge on any atom is -0.459 e. The topological polar surface area (TPSA) is 91.9 Å². The summed E-state index contributed by atoms with van der Waals surface area (Å²) in [5.74, 6) is 1.32. The third kappa shape index (κ3) is 4.58. The van der Waals surface area contributed by atoms with Gasteiger partial charge in [0.1, 0.15) is 29.5 Å². The summed E-state index contributed by atoms with van der Waals surface area (Å²) in [6.07, 6.45) is 6.97. The summed E-state index contributed by atoms with van der Waals surface area (Å²) in [5, 5.41) is 9.65. The fourth-order valence-electron chi connectivity index (χ4n) is 4.16. The number of aromatic amines is 1. The van der Waals surface area contributed by atoms with Crippen LogP contribution in [0.4, 0.5) is 0 Å². The maximum atomic E-state index is 12.6. The molecule has 0 saturated heterocycles.